The van der Waals surface area contributed by atoms with Gasteiger partial charge in [0.15, 0.2) is 5.16 Å². The first-order valence-electron chi connectivity index (χ1n) is 5.80. The number of anilines is 1. The maximum atomic E-state index is 11.7. The Kier molecular flexibility index (Phi) is 4.53. The van der Waals surface area contributed by atoms with Crippen molar-refractivity contribution in [3.63, 3.8) is 0 Å². The van der Waals surface area contributed by atoms with Gasteiger partial charge in [0, 0.05) is 10.6 Å². The van der Waals surface area contributed by atoms with Crippen LogP contribution in [0.3, 0.4) is 0 Å². The van der Waals surface area contributed by atoms with Crippen LogP contribution in [-0.4, -0.2) is 34.2 Å². The smallest absolute Gasteiger partial charge is 0.241 e. The van der Waals surface area contributed by atoms with Crippen molar-refractivity contribution in [1.82, 2.24) is 20.5 Å². The minimum Gasteiger partial charge on any atom is -0.325 e. The molecule has 1 aromatic carbocycles. The summed E-state index contributed by atoms with van der Waals surface area (Å²) in [6.07, 6.45) is 1.47. The summed E-state index contributed by atoms with van der Waals surface area (Å²) in [7, 11) is 1.75. The molecule has 1 heterocycles. The highest BCUT2D eigenvalue weighted by atomic mass is 32.2. The van der Waals surface area contributed by atoms with Gasteiger partial charge in [0.05, 0.1) is 6.04 Å². The number of H-pyrrole nitrogens is 1. The van der Waals surface area contributed by atoms with Crippen molar-refractivity contribution in [1.29, 1.82) is 0 Å². The van der Waals surface area contributed by atoms with Crippen LogP contribution in [0.1, 0.15) is 6.92 Å². The van der Waals surface area contributed by atoms with Crippen molar-refractivity contribution < 1.29 is 4.79 Å². The minimum atomic E-state index is -0.219. The lowest BCUT2D eigenvalue weighted by molar-refractivity contribution is -0.117. The molecule has 1 aromatic heterocycles. The second kappa shape index (κ2) is 6.35. The second-order valence-electron chi connectivity index (χ2n) is 3.92. The summed E-state index contributed by atoms with van der Waals surface area (Å²) < 4.78 is 0. The largest absolute Gasteiger partial charge is 0.325 e. The highest BCUT2D eigenvalue weighted by Gasteiger charge is 2.10. The fourth-order valence-corrected chi connectivity index (χ4v) is 2.04. The molecule has 0 bridgehead atoms. The molecule has 1 atom stereocenters. The summed E-state index contributed by atoms with van der Waals surface area (Å²) in [5.74, 6) is -0.0573. The molecular formula is C12H15N5OS. The van der Waals surface area contributed by atoms with Crippen LogP contribution < -0.4 is 10.6 Å². The van der Waals surface area contributed by atoms with Crippen molar-refractivity contribution in [3.05, 3.63) is 30.6 Å². The SMILES string of the molecule is CNC(C)C(=O)Nc1ccc(Sc2ncn[nH]2)cc1. The highest BCUT2D eigenvalue weighted by Crippen LogP contribution is 2.25. The van der Waals surface area contributed by atoms with Gasteiger partial charge in [-0.15, -0.1) is 0 Å². The zero-order valence-corrected chi connectivity index (χ0v) is 11.5. The standard InChI is InChI=1S/C12H15N5OS/c1-8(13-2)11(18)16-9-3-5-10(6-4-9)19-12-14-7-15-17-12/h3-8,13H,1-2H3,(H,16,18)(H,14,15,17). The van der Waals surface area contributed by atoms with E-state index in [0.717, 1.165) is 15.7 Å². The molecule has 3 N–H and O–H groups in total. The summed E-state index contributed by atoms with van der Waals surface area (Å²) in [6, 6.07) is 7.35. The van der Waals surface area contributed by atoms with Crippen molar-refractivity contribution in [2.45, 2.75) is 23.0 Å². The van der Waals surface area contributed by atoms with Gasteiger partial charge in [-0.05, 0) is 38.2 Å². The molecule has 19 heavy (non-hydrogen) atoms. The molecule has 0 aliphatic rings. The summed E-state index contributed by atoms with van der Waals surface area (Å²) in [5, 5.41) is 13.0. The lowest BCUT2D eigenvalue weighted by atomic mass is 10.3. The van der Waals surface area contributed by atoms with E-state index >= 15 is 0 Å². The third-order valence-corrected chi connectivity index (χ3v) is 3.45. The maximum absolute atomic E-state index is 11.7. The Morgan fingerprint density at radius 3 is 2.68 bits per heavy atom. The van der Waals surface area contributed by atoms with Gasteiger partial charge in [-0.2, -0.15) is 5.10 Å². The number of nitrogens with one attached hydrogen (secondary N) is 3. The molecule has 0 fully saturated rings. The number of carbonyl (C=O) groups excluding carboxylic acids is 1. The summed E-state index contributed by atoms with van der Waals surface area (Å²) in [5.41, 5.74) is 0.772. The Hall–Kier alpha value is -1.86. The molecule has 2 rings (SSSR count). The molecule has 1 unspecified atom stereocenters. The Morgan fingerprint density at radius 2 is 2.11 bits per heavy atom. The Morgan fingerprint density at radius 1 is 1.37 bits per heavy atom. The lowest BCUT2D eigenvalue weighted by Crippen LogP contribution is -2.35. The number of nitrogens with zero attached hydrogens (tertiary/aromatic N) is 2. The predicted octanol–water partition coefficient (Wildman–Crippen LogP) is 1.50. The van der Waals surface area contributed by atoms with Crippen LogP contribution in [0.25, 0.3) is 0 Å². The first kappa shape index (κ1) is 13.6. The van der Waals surface area contributed by atoms with Crippen molar-refractivity contribution in [2.24, 2.45) is 0 Å². The quantitative estimate of drug-likeness (QED) is 0.771. The first-order chi connectivity index (χ1) is 9.19. The van der Waals surface area contributed by atoms with Crippen LogP contribution in [0.4, 0.5) is 5.69 Å². The molecule has 0 aliphatic carbocycles. The summed E-state index contributed by atoms with van der Waals surface area (Å²) >= 11 is 1.48. The van der Waals surface area contributed by atoms with Gasteiger partial charge in [0.1, 0.15) is 6.33 Å². The Balaban J connectivity index is 1.96. The monoisotopic (exact) mass is 277 g/mol. The van der Waals surface area contributed by atoms with Gasteiger partial charge in [-0.25, -0.2) is 4.98 Å². The van der Waals surface area contributed by atoms with Crippen LogP contribution in [0.15, 0.2) is 40.6 Å². The van der Waals surface area contributed by atoms with E-state index < -0.39 is 0 Å². The number of hydrogen-bond donors (Lipinski definition) is 3. The molecule has 0 spiro atoms. The summed E-state index contributed by atoms with van der Waals surface area (Å²) in [6.45, 7) is 1.81. The molecule has 6 nitrogen and oxygen atoms in total. The number of aromatic amines is 1. The maximum Gasteiger partial charge on any atom is 0.241 e. The van der Waals surface area contributed by atoms with Crippen LogP contribution in [0.2, 0.25) is 0 Å². The number of amides is 1. The zero-order valence-electron chi connectivity index (χ0n) is 10.7. The molecular weight excluding hydrogens is 262 g/mol. The molecule has 2 aromatic rings. The lowest BCUT2D eigenvalue weighted by Gasteiger charge is -2.11. The Bertz CT molecular complexity index is 526. The fraction of sp³-hybridized carbons (Fsp3) is 0.250. The molecule has 100 valence electrons. The van der Waals surface area contributed by atoms with E-state index in [4.69, 9.17) is 0 Å². The van der Waals surface area contributed by atoms with Gasteiger partial charge in [0.25, 0.3) is 0 Å². The van der Waals surface area contributed by atoms with E-state index in [0.29, 0.717) is 0 Å². The molecule has 0 saturated carbocycles. The Labute approximate surface area is 115 Å². The highest BCUT2D eigenvalue weighted by molar-refractivity contribution is 7.99. The fourth-order valence-electron chi connectivity index (χ4n) is 1.34. The van der Waals surface area contributed by atoms with Crippen LogP contribution in [0.5, 0.6) is 0 Å². The first-order valence-corrected chi connectivity index (χ1v) is 6.62. The van der Waals surface area contributed by atoms with E-state index in [1.165, 1.54) is 18.1 Å². The van der Waals surface area contributed by atoms with Gasteiger partial charge < -0.3 is 10.6 Å². The number of likely N-dealkylation sites (N-methyl/N-ethyl adjacent to an activating group) is 1. The van der Waals surface area contributed by atoms with Crippen LogP contribution in [0, 0.1) is 0 Å². The second-order valence-corrected chi connectivity index (χ2v) is 4.98. The number of aromatic nitrogens is 3. The van der Waals surface area contributed by atoms with E-state index in [2.05, 4.69) is 25.8 Å². The average Bonchev–Trinajstić information content (AvgIpc) is 2.93. The minimum absolute atomic E-state index is 0.0573. The predicted molar refractivity (Wildman–Crippen MR) is 74.1 cm³/mol. The number of hydrogen-bond acceptors (Lipinski definition) is 5. The third-order valence-electron chi connectivity index (χ3n) is 2.56. The molecule has 7 heteroatoms. The molecule has 0 radical (unpaired) electrons. The van der Waals surface area contributed by atoms with Gasteiger partial charge in [-0.1, -0.05) is 11.8 Å². The van der Waals surface area contributed by atoms with Crippen LogP contribution in [-0.2, 0) is 4.79 Å². The average molecular weight is 277 g/mol. The number of rotatable bonds is 5. The molecule has 0 aliphatic heterocycles. The van der Waals surface area contributed by atoms with Gasteiger partial charge in [-0.3, -0.25) is 9.89 Å². The topological polar surface area (TPSA) is 82.7 Å². The normalized spacial score (nSPS) is 12.1. The zero-order chi connectivity index (χ0) is 13.7. The summed E-state index contributed by atoms with van der Waals surface area (Å²) in [4.78, 5) is 16.7. The van der Waals surface area contributed by atoms with Crippen molar-refractivity contribution in [2.75, 3.05) is 12.4 Å². The van der Waals surface area contributed by atoms with E-state index in [-0.39, 0.29) is 11.9 Å². The van der Waals surface area contributed by atoms with Gasteiger partial charge >= 0.3 is 0 Å². The van der Waals surface area contributed by atoms with Crippen LogP contribution >= 0.6 is 11.8 Å². The molecule has 1 amide bonds. The van der Waals surface area contributed by atoms with Crippen molar-refractivity contribution in [3.8, 4) is 0 Å². The van der Waals surface area contributed by atoms with Gasteiger partial charge in [0.2, 0.25) is 5.91 Å². The molecule has 0 saturated heterocycles. The number of benzene rings is 1. The van der Waals surface area contributed by atoms with E-state index in [1.54, 1.807) is 7.05 Å². The van der Waals surface area contributed by atoms with E-state index in [1.807, 2.05) is 31.2 Å². The van der Waals surface area contributed by atoms with Crippen molar-refractivity contribution >= 4 is 23.4 Å². The number of carbonyl (C=O) groups is 1. The third kappa shape index (κ3) is 3.80. The van der Waals surface area contributed by atoms with E-state index in [9.17, 15) is 4.79 Å².